The lowest BCUT2D eigenvalue weighted by Gasteiger charge is -2.17. The third-order valence-corrected chi connectivity index (χ3v) is 4.98. The van der Waals surface area contributed by atoms with E-state index >= 15 is 0 Å². The quantitative estimate of drug-likeness (QED) is 0.415. The van der Waals surface area contributed by atoms with Gasteiger partial charge in [0.05, 0.1) is 17.2 Å². The van der Waals surface area contributed by atoms with Crippen LogP contribution < -0.4 is 22.1 Å². The molecular formula is C21H28N6O2. The molecule has 1 aliphatic heterocycles. The molecule has 8 heteroatoms. The van der Waals surface area contributed by atoms with Gasteiger partial charge in [-0.15, -0.1) is 0 Å². The molecule has 0 bridgehead atoms. The summed E-state index contributed by atoms with van der Waals surface area (Å²) in [6, 6.07) is 10.7. The first-order chi connectivity index (χ1) is 13.9. The molecule has 2 aromatic rings. The zero-order chi connectivity index (χ0) is 20.8. The molecule has 8 nitrogen and oxygen atoms in total. The molecule has 1 aliphatic rings. The van der Waals surface area contributed by atoms with Gasteiger partial charge in [0.2, 0.25) is 5.88 Å². The van der Waals surface area contributed by atoms with E-state index in [1.807, 2.05) is 13.0 Å². The number of carbonyl (C=O) groups excluding carboxylic acids is 1. The van der Waals surface area contributed by atoms with Crippen LogP contribution in [0.2, 0.25) is 0 Å². The molecule has 1 aromatic carbocycles. The van der Waals surface area contributed by atoms with Crippen molar-refractivity contribution >= 4 is 11.8 Å². The van der Waals surface area contributed by atoms with Crippen molar-refractivity contribution in [3.05, 3.63) is 70.8 Å². The summed E-state index contributed by atoms with van der Waals surface area (Å²) >= 11 is 0. The molecule has 1 unspecified atom stereocenters. The van der Waals surface area contributed by atoms with Crippen LogP contribution in [0.3, 0.4) is 0 Å². The van der Waals surface area contributed by atoms with Crippen molar-refractivity contribution in [2.75, 3.05) is 18.4 Å². The van der Waals surface area contributed by atoms with Crippen molar-refractivity contribution in [1.29, 1.82) is 0 Å². The molecule has 0 spiro atoms. The number of nitrogens with one attached hydrogen (secondary N) is 2. The smallest absolute Gasteiger partial charge is 0.273 e. The Morgan fingerprint density at radius 1 is 1.28 bits per heavy atom. The highest BCUT2D eigenvalue weighted by molar-refractivity contribution is 6.02. The maximum absolute atomic E-state index is 12.2. The van der Waals surface area contributed by atoms with Gasteiger partial charge in [0, 0.05) is 31.2 Å². The number of nitrogens with zero attached hydrogens (tertiary/aromatic N) is 2. The number of allylic oxidation sites excluding steroid dienone is 2. The molecular weight excluding hydrogens is 368 g/mol. The van der Waals surface area contributed by atoms with Gasteiger partial charge in [0.25, 0.3) is 5.91 Å². The predicted octanol–water partition coefficient (Wildman–Crippen LogP) is 1.74. The Morgan fingerprint density at radius 2 is 2.03 bits per heavy atom. The van der Waals surface area contributed by atoms with Gasteiger partial charge >= 0.3 is 0 Å². The summed E-state index contributed by atoms with van der Waals surface area (Å²) in [4.78, 5) is 14.5. The zero-order valence-corrected chi connectivity index (χ0v) is 16.8. The van der Waals surface area contributed by atoms with E-state index in [4.69, 9.17) is 16.0 Å². The minimum absolute atomic E-state index is 0.0281. The molecule has 2 heterocycles. The van der Waals surface area contributed by atoms with Crippen LogP contribution >= 0.6 is 0 Å². The van der Waals surface area contributed by atoms with Gasteiger partial charge < -0.3 is 21.3 Å². The Kier molecular flexibility index (Phi) is 6.56. The van der Waals surface area contributed by atoms with Crippen LogP contribution in [0, 0.1) is 13.8 Å². The van der Waals surface area contributed by atoms with Gasteiger partial charge in [-0.25, -0.2) is 0 Å². The van der Waals surface area contributed by atoms with E-state index in [-0.39, 0.29) is 11.7 Å². The second kappa shape index (κ2) is 9.29. The number of rotatable bonds is 7. The fourth-order valence-corrected chi connectivity index (χ4v) is 3.18. The van der Waals surface area contributed by atoms with Gasteiger partial charge in [-0.2, -0.15) is 0 Å². The van der Waals surface area contributed by atoms with Crippen molar-refractivity contribution in [2.24, 2.45) is 11.5 Å². The molecule has 1 amide bonds. The lowest BCUT2D eigenvalue weighted by atomic mass is 10.2. The molecule has 0 aliphatic carbocycles. The summed E-state index contributed by atoms with van der Waals surface area (Å²) in [6.07, 6.45) is 4.09. The minimum atomic E-state index is -0.469. The molecule has 1 aromatic heterocycles. The van der Waals surface area contributed by atoms with E-state index < -0.39 is 5.91 Å². The van der Waals surface area contributed by atoms with Crippen LogP contribution in [0.15, 0.2) is 58.5 Å². The predicted molar refractivity (Wildman–Crippen MR) is 112 cm³/mol. The SMILES string of the molecule is Cc1noc(NC(=O)/C(N)=C/C=C(\N)NC2CCN(Cc3ccccc3)C2)c1C. The number of aromatic nitrogens is 1. The second-order valence-electron chi connectivity index (χ2n) is 7.27. The number of likely N-dealkylation sites (tertiary alicyclic amines) is 1. The summed E-state index contributed by atoms with van der Waals surface area (Å²) in [6.45, 7) is 6.46. The van der Waals surface area contributed by atoms with Gasteiger partial charge in [-0.1, -0.05) is 35.5 Å². The first kappa shape index (κ1) is 20.5. The van der Waals surface area contributed by atoms with Crippen molar-refractivity contribution in [3.8, 4) is 0 Å². The second-order valence-corrected chi connectivity index (χ2v) is 7.27. The monoisotopic (exact) mass is 396 g/mol. The maximum atomic E-state index is 12.2. The molecule has 1 atom stereocenters. The zero-order valence-electron chi connectivity index (χ0n) is 16.8. The normalized spacial score (nSPS) is 18.1. The van der Waals surface area contributed by atoms with Gasteiger partial charge in [-0.05, 0) is 38.0 Å². The average molecular weight is 396 g/mol. The highest BCUT2D eigenvalue weighted by Crippen LogP contribution is 2.17. The molecule has 154 valence electrons. The van der Waals surface area contributed by atoms with Gasteiger partial charge in [0.1, 0.15) is 0 Å². The summed E-state index contributed by atoms with van der Waals surface area (Å²) in [5.74, 6) is 0.297. The third-order valence-electron chi connectivity index (χ3n) is 4.98. The lowest BCUT2D eigenvalue weighted by Crippen LogP contribution is -2.34. The Balaban J connectivity index is 1.49. The third kappa shape index (κ3) is 5.61. The van der Waals surface area contributed by atoms with Crippen LogP contribution in [0.5, 0.6) is 0 Å². The van der Waals surface area contributed by atoms with E-state index in [9.17, 15) is 4.79 Å². The van der Waals surface area contributed by atoms with E-state index in [0.717, 1.165) is 31.6 Å². The Morgan fingerprint density at radius 3 is 2.72 bits per heavy atom. The average Bonchev–Trinajstić information content (AvgIpc) is 3.28. The molecule has 3 rings (SSSR count). The van der Waals surface area contributed by atoms with E-state index in [2.05, 4.69) is 45.0 Å². The van der Waals surface area contributed by atoms with Crippen molar-refractivity contribution in [3.63, 3.8) is 0 Å². The molecule has 29 heavy (non-hydrogen) atoms. The van der Waals surface area contributed by atoms with E-state index in [1.165, 1.54) is 11.6 Å². The number of benzene rings is 1. The summed E-state index contributed by atoms with van der Waals surface area (Å²) in [5, 5.41) is 9.68. The Labute approximate surface area is 170 Å². The summed E-state index contributed by atoms with van der Waals surface area (Å²) in [5.41, 5.74) is 14.7. The van der Waals surface area contributed by atoms with Crippen LogP contribution in [0.1, 0.15) is 23.2 Å². The highest BCUT2D eigenvalue weighted by atomic mass is 16.5. The van der Waals surface area contributed by atoms with Crippen LogP contribution in [-0.4, -0.2) is 35.1 Å². The van der Waals surface area contributed by atoms with Crippen molar-refractivity contribution < 1.29 is 9.32 Å². The molecule has 0 saturated carbocycles. The topological polar surface area (TPSA) is 122 Å². The van der Waals surface area contributed by atoms with E-state index in [0.29, 0.717) is 17.4 Å². The number of anilines is 1. The Hall–Kier alpha value is -3.26. The van der Waals surface area contributed by atoms with Crippen molar-refractivity contribution in [2.45, 2.75) is 32.9 Å². The van der Waals surface area contributed by atoms with E-state index in [1.54, 1.807) is 13.0 Å². The minimum Gasteiger partial charge on any atom is -0.394 e. The fraction of sp³-hybridized carbons (Fsp3) is 0.333. The molecule has 0 radical (unpaired) electrons. The summed E-state index contributed by atoms with van der Waals surface area (Å²) < 4.78 is 5.06. The molecule has 1 fully saturated rings. The molecule has 6 N–H and O–H groups in total. The largest absolute Gasteiger partial charge is 0.394 e. The number of nitrogens with two attached hydrogens (primary N) is 2. The number of hydrogen-bond acceptors (Lipinski definition) is 7. The first-order valence-electron chi connectivity index (χ1n) is 9.62. The number of aryl methyl sites for hydroxylation is 1. The maximum Gasteiger partial charge on any atom is 0.273 e. The fourth-order valence-electron chi connectivity index (χ4n) is 3.18. The first-order valence-corrected chi connectivity index (χ1v) is 9.62. The van der Waals surface area contributed by atoms with Gasteiger partial charge in [-0.3, -0.25) is 15.0 Å². The summed E-state index contributed by atoms with van der Waals surface area (Å²) in [7, 11) is 0. The molecule has 1 saturated heterocycles. The number of amides is 1. The van der Waals surface area contributed by atoms with Crippen molar-refractivity contribution in [1.82, 2.24) is 15.4 Å². The number of carbonyl (C=O) groups is 1. The van der Waals surface area contributed by atoms with Crippen LogP contribution in [0.4, 0.5) is 5.88 Å². The van der Waals surface area contributed by atoms with Gasteiger partial charge in [0.15, 0.2) is 0 Å². The lowest BCUT2D eigenvalue weighted by molar-refractivity contribution is -0.113. The highest BCUT2D eigenvalue weighted by Gasteiger charge is 2.22. The van der Waals surface area contributed by atoms with Crippen LogP contribution in [-0.2, 0) is 11.3 Å². The number of hydrogen-bond donors (Lipinski definition) is 4. The Bertz CT molecular complexity index is 903. The van der Waals surface area contributed by atoms with Crippen LogP contribution in [0.25, 0.3) is 0 Å². The standard InChI is InChI=1S/C21H28N6O2/c1-14-15(2)26-29-21(14)25-20(28)18(22)8-9-19(23)24-17-10-11-27(13-17)12-16-6-4-3-5-7-16/h3-9,17,24H,10-13,22-23H2,1-2H3,(H,25,28)/b18-8-,19-9+.